The van der Waals surface area contributed by atoms with E-state index < -0.39 is 11.5 Å². The van der Waals surface area contributed by atoms with Crippen molar-refractivity contribution in [2.75, 3.05) is 7.11 Å². The standard InChI is InChI=1S/C19H19NO3Se/c1-19(18(22)23-2,13-14-24-16-11-7-4-8-12-16)20-17(21)15-9-5-3-6-10-15/h3-14H,1-2H3,(H,20,21)/b14-13+/t19-/m1/s1. The third-order valence-corrected chi connectivity index (χ3v) is 5.08. The van der Waals surface area contributed by atoms with Crippen LogP contribution in [0.2, 0.25) is 0 Å². The molecule has 2 aromatic rings. The Balaban J connectivity index is 2.13. The number of rotatable bonds is 6. The molecule has 1 amide bonds. The van der Waals surface area contributed by atoms with Crippen LogP contribution in [0, 0.1) is 0 Å². The number of amides is 1. The maximum absolute atomic E-state index is 12.4. The fourth-order valence-electron chi connectivity index (χ4n) is 2.02. The predicted molar refractivity (Wildman–Crippen MR) is 95.3 cm³/mol. The molecule has 0 spiro atoms. The molecule has 0 fully saturated rings. The van der Waals surface area contributed by atoms with Crippen LogP contribution in [0.5, 0.6) is 0 Å². The van der Waals surface area contributed by atoms with Gasteiger partial charge in [-0.2, -0.15) is 0 Å². The Morgan fingerprint density at radius 3 is 2.21 bits per heavy atom. The fourth-order valence-corrected chi connectivity index (χ4v) is 3.72. The molecule has 2 rings (SSSR count). The molecule has 0 heterocycles. The second kappa shape index (κ2) is 8.48. The molecule has 0 radical (unpaired) electrons. The van der Waals surface area contributed by atoms with Crippen LogP contribution in [0.3, 0.4) is 0 Å². The molecule has 124 valence electrons. The van der Waals surface area contributed by atoms with Crippen molar-refractivity contribution >= 4 is 31.3 Å². The molecule has 0 aliphatic carbocycles. The molecule has 0 aliphatic rings. The normalized spacial score (nSPS) is 13.2. The molecule has 0 aliphatic heterocycles. The average molecular weight is 388 g/mol. The first-order valence-corrected chi connectivity index (χ1v) is 9.25. The molecule has 2 aromatic carbocycles. The molecule has 0 bridgehead atoms. The van der Waals surface area contributed by atoms with E-state index >= 15 is 0 Å². The average Bonchev–Trinajstić information content (AvgIpc) is 2.62. The van der Waals surface area contributed by atoms with Crippen molar-refractivity contribution in [2.24, 2.45) is 0 Å². The summed E-state index contributed by atoms with van der Waals surface area (Å²) in [6.45, 7) is 1.64. The van der Waals surface area contributed by atoms with Gasteiger partial charge in [0, 0.05) is 0 Å². The molecular formula is C19H19NO3Se. The van der Waals surface area contributed by atoms with Gasteiger partial charge in [-0.1, -0.05) is 0 Å². The van der Waals surface area contributed by atoms with Gasteiger partial charge in [0.25, 0.3) is 0 Å². The Hall–Kier alpha value is -2.36. The fraction of sp³-hybridized carbons (Fsp3) is 0.158. The minimum absolute atomic E-state index is 0.0635. The van der Waals surface area contributed by atoms with Gasteiger partial charge < -0.3 is 0 Å². The number of carbonyl (C=O) groups excluding carboxylic acids is 2. The van der Waals surface area contributed by atoms with Gasteiger partial charge in [0.15, 0.2) is 0 Å². The molecule has 0 saturated heterocycles. The molecular weight excluding hydrogens is 369 g/mol. The first-order chi connectivity index (χ1) is 11.5. The van der Waals surface area contributed by atoms with Crippen molar-refractivity contribution in [1.82, 2.24) is 5.32 Å². The summed E-state index contributed by atoms with van der Waals surface area (Å²) in [6, 6.07) is 18.8. The first kappa shape index (κ1) is 18.0. The summed E-state index contributed by atoms with van der Waals surface area (Å²) in [5.74, 6) is -0.827. The van der Waals surface area contributed by atoms with Crippen LogP contribution in [0.4, 0.5) is 0 Å². The van der Waals surface area contributed by atoms with Gasteiger partial charge in [0.05, 0.1) is 0 Å². The molecule has 0 aromatic heterocycles. The van der Waals surface area contributed by atoms with Crippen molar-refractivity contribution in [3.8, 4) is 0 Å². The first-order valence-electron chi connectivity index (χ1n) is 7.40. The van der Waals surface area contributed by atoms with E-state index in [0.29, 0.717) is 5.56 Å². The van der Waals surface area contributed by atoms with Gasteiger partial charge in [-0.15, -0.1) is 0 Å². The zero-order chi connectivity index (χ0) is 17.4. The summed E-state index contributed by atoms with van der Waals surface area (Å²) < 4.78 is 6.04. The maximum atomic E-state index is 12.4. The molecule has 1 atom stereocenters. The molecule has 4 nitrogen and oxygen atoms in total. The monoisotopic (exact) mass is 389 g/mol. The Bertz CT molecular complexity index is 716. The minimum atomic E-state index is -1.21. The predicted octanol–water partition coefficient (Wildman–Crippen LogP) is 1.89. The Morgan fingerprint density at radius 1 is 1.04 bits per heavy atom. The van der Waals surface area contributed by atoms with Crippen molar-refractivity contribution in [2.45, 2.75) is 12.5 Å². The van der Waals surface area contributed by atoms with E-state index in [4.69, 9.17) is 4.74 Å². The van der Waals surface area contributed by atoms with Gasteiger partial charge in [-0.3, -0.25) is 0 Å². The van der Waals surface area contributed by atoms with Gasteiger partial charge >= 0.3 is 148 Å². The number of methoxy groups -OCH3 is 1. The Morgan fingerprint density at radius 2 is 1.62 bits per heavy atom. The third-order valence-electron chi connectivity index (χ3n) is 3.37. The van der Waals surface area contributed by atoms with E-state index in [1.54, 1.807) is 37.3 Å². The Labute approximate surface area is 148 Å². The third kappa shape index (κ3) is 4.82. The van der Waals surface area contributed by atoms with Crippen molar-refractivity contribution in [3.63, 3.8) is 0 Å². The van der Waals surface area contributed by atoms with Crippen LogP contribution in [0.25, 0.3) is 0 Å². The number of benzene rings is 2. The number of esters is 1. The molecule has 0 saturated carbocycles. The van der Waals surface area contributed by atoms with Crippen molar-refractivity contribution in [3.05, 3.63) is 77.3 Å². The summed E-state index contributed by atoms with van der Waals surface area (Å²) in [5.41, 5.74) is -0.715. The number of carbonyl (C=O) groups is 2. The van der Waals surface area contributed by atoms with Crippen molar-refractivity contribution < 1.29 is 14.3 Å². The topological polar surface area (TPSA) is 55.4 Å². The summed E-state index contributed by atoms with van der Waals surface area (Å²) in [7, 11) is 1.31. The SMILES string of the molecule is COC(=O)[C@@](C)(/C=C/[Se]c1ccccc1)NC(=O)c1ccccc1. The summed E-state index contributed by atoms with van der Waals surface area (Å²) in [6.07, 6.45) is 1.70. The van der Waals surface area contributed by atoms with Gasteiger partial charge in [0.1, 0.15) is 0 Å². The quantitative estimate of drug-likeness (QED) is 0.608. The van der Waals surface area contributed by atoms with Gasteiger partial charge in [-0.25, -0.2) is 0 Å². The second-order valence-corrected chi connectivity index (χ2v) is 7.30. The van der Waals surface area contributed by atoms with Gasteiger partial charge in [-0.05, 0) is 0 Å². The summed E-state index contributed by atoms with van der Waals surface area (Å²) in [5, 5.41) is 2.76. The summed E-state index contributed by atoms with van der Waals surface area (Å²) in [4.78, 5) is 26.4. The van der Waals surface area contributed by atoms with E-state index in [2.05, 4.69) is 5.32 Å². The van der Waals surface area contributed by atoms with Crippen molar-refractivity contribution in [1.29, 1.82) is 0 Å². The Kier molecular flexibility index (Phi) is 6.35. The van der Waals surface area contributed by atoms with E-state index in [1.165, 1.54) is 11.6 Å². The zero-order valence-electron chi connectivity index (χ0n) is 13.6. The molecule has 0 unspecified atom stereocenters. The second-order valence-electron chi connectivity index (χ2n) is 5.25. The zero-order valence-corrected chi connectivity index (χ0v) is 15.3. The van der Waals surface area contributed by atoms with Gasteiger partial charge in [0.2, 0.25) is 0 Å². The number of hydrogen-bond donors (Lipinski definition) is 1. The van der Waals surface area contributed by atoms with Crippen LogP contribution in [-0.4, -0.2) is 39.5 Å². The number of hydrogen-bond acceptors (Lipinski definition) is 3. The molecule has 24 heavy (non-hydrogen) atoms. The number of ether oxygens (including phenoxy) is 1. The molecule has 5 heteroatoms. The van der Waals surface area contributed by atoms with Crippen LogP contribution >= 0.6 is 0 Å². The van der Waals surface area contributed by atoms with Crippen LogP contribution < -0.4 is 9.78 Å². The molecule has 1 N–H and O–H groups in total. The summed E-state index contributed by atoms with van der Waals surface area (Å²) >= 11 is 0.0635. The van der Waals surface area contributed by atoms with E-state index in [-0.39, 0.29) is 20.9 Å². The number of nitrogens with one attached hydrogen (secondary N) is 1. The van der Waals surface area contributed by atoms with Crippen LogP contribution in [-0.2, 0) is 9.53 Å². The van der Waals surface area contributed by atoms with E-state index in [0.717, 1.165) is 0 Å². The van der Waals surface area contributed by atoms with Crippen LogP contribution in [0.1, 0.15) is 17.3 Å². The van der Waals surface area contributed by atoms with E-state index in [9.17, 15) is 9.59 Å². The van der Waals surface area contributed by atoms with Crippen LogP contribution in [0.15, 0.2) is 71.7 Å². The van der Waals surface area contributed by atoms with E-state index in [1.807, 2.05) is 41.4 Å².